The minimum atomic E-state index is -0.568. The van der Waals surface area contributed by atoms with Crippen LogP contribution >= 0.6 is 0 Å². The van der Waals surface area contributed by atoms with Gasteiger partial charge in [-0.15, -0.1) is 0 Å². The van der Waals surface area contributed by atoms with Crippen LogP contribution in [0.5, 0.6) is 11.5 Å². The minimum absolute atomic E-state index is 0.0442. The van der Waals surface area contributed by atoms with Gasteiger partial charge in [0.2, 0.25) is 0 Å². The number of aryl methyl sites for hydroxylation is 1. The average molecular weight is 515 g/mol. The van der Waals surface area contributed by atoms with E-state index >= 15 is 0 Å². The van der Waals surface area contributed by atoms with Gasteiger partial charge in [0.15, 0.2) is 18.3 Å². The number of allylic oxidation sites excluding steroid dienone is 1. The lowest BCUT2D eigenvalue weighted by Crippen LogP contribution is -2.55. The fourth-order valence-electron chi connectivity index (χ4n) is 4.79. The Kier molecular flexibility index (Phi) is 7.00. The van der Waals surface area contributed by atoms with Crippen LogP contribution in [0.2, 0.25) is 0 Å². The lowest BCUT2D eigenvalue weighted by atomic mass is 9.95. The molecular weight excluding hydrogens is 487 g/mol. The van der Waals surface area contributed by atoms with Crippen molar-refractivity contribution < 1.29 is 18.3 Å². The quantitative estimate of drug-likeness (QED) is 0.472. The topological polar surface area (TPSA) is 121 Å². The number of nitrogens with one attached hydrogen (secondary N) is 1. The Morgan fingerprint density at radius 3 is 2.82 bits per heavy atom. The van der Waals surface area contributed by atoms with Gasteiger partial charge in [0.1, 0.15) is 29.7 Å². The Morgan fingerprint density at radius 2 is 2.11 bits per heavy atom. The van der Waals surface area contributed by atoms with E-state index in [1.807, 2.05) is 41.4 Å². The summed E-state index contributed by atoms with van der Waals surface area (Å²) in [6, 6.07) is 11.7. The first-order chi connectivity index (χ1) is 18.4. The molecule has 0 saturated carbocycles. The van der Waals surface area contributed by atoms with E-state index in [1.165, 1.54) is 24.8 Å². The van der Waals surface area contributed by atoms with Gasteiger partial charge < -0.3 is 30.0 Å². The van der Waals surface area contributed by atoms with Crippen LogP contribution in [0.25, 0.3) is 5.57 Å². The Morgan fingerprint density at radius 1 is 1.29 bits per heavy atom. The highest BCUT2D eigenvalue weighted by Gasteiger charge is 2.34. The molecule has 1 unspecified atom stereocenters. The van der Waals surface area contributed by atoms with Crippen molar-refractivity contribution in [2.24, 2.45) is 5.73 Å². The van der Waals surface area contributed by atoms with Crippen molar-refractivity contribution in [2.75, 3.05) is 13.1 Å². The van der Waals surface area contributed by atoms with E-state index in [-0.39, 0.29) is 17.6 Å². The second-order valence-electron chi connectivity index (χ2n) is 9.30. The molecule has 1 saturated heterocycles. The second kappa shape index (κ2) is 10.7. The van der Waals surface area contributed by atoms with Gasteiger partial charge in [-0.25, -0.2) is 9.37 Å². The number of piperidine rings is 1. The number of ether oxygens (including phenoxy) is 1. The van der Waals surface area contributed by atoms with Crippen molar-refractivity contribution in [2.45, 2.75) is 32.0 Å². The summed E-state index contributed by atoms with van der Waals surface area (Å²) in [5.74, 6) is 0.430. The van der Waals surface area contributed by atoms with Crippen LogP contribution in [0.15, 0.2) is 77.5 Å². The molecule has 0 spiro atoms. The molecule has 3 heterocycles. The Hall–Kier alpha value is -4.78. The van der Waals surface area contributed by atoms with Gasteiger partial charge in [0.05, 0.1) is 0 Å². The molecule has 194 valence electrons. The zero-order valence-corrected chi connectivity index (χ0v) is 20.8. The van der Waals surface area contributed by atoms with E-state index in [0.717, 1.165) is 24.0 Å². The van der Waals surface area contributed by atoms with Gasteiger partial charge in [-0.05, 0) is 67.3 Å². The van der Waals surface area contributed by atoms with Crippen LogP contribution in [-0.4, -0.2) is 46.0 Å². The van der Waals surface area contributed by atoms with Crippen LogP contribution in [0, 0.1) is 24.2 Å². The van der Waals surface area contributed by atoms with Crippen molar-refractivity contribution >= 4 is 11.5 Å². The molecule has 2 aromatic carbocycles. The largest absolute Gasteiger partial charge is 0.457 e. The molecule has 10 heteroatoms. The number of halogens is 1. The summed E-state index contributed by atoms with van der Waals surface area (Å²) in [4.78, 5) is 20.7. The summed E-state index contributed by atoms with van der Waals surface area (Å²) in [5.41, 5.74) is 9.33. The fraction of sp³-hybridized carbons (Fsp3) is 0.250. The number of nitrogens with zero attached hydrogens (tertiary/aromatic N) is 4. The van der Waals surface area contributed by atoms with Crippen LogP contribution in [0.1, 0.15) is 34.5 Å². The first kappa shape index (κ1) is 24.9. The van der Waals surface area contributed by atoms with Gasteiger partial charge in [-0.1, -0.05) is 12.1 Å². The summed E-state index contributed by atoms with van der Waals surface area (Å²) in [5, 5.41) is 12.5. The SMILES string of the molecule is Cc1cc(F)ccc1Oc1ccc(C2=CC(N)=CN(C3CCCN(C#N)C3)[C@@H]2NC(=O)c2cocn2)cc1. The van der Waals surface area contributed by atoms with E-state index in [1.54, 1.807) is 17.9 Å². The number of nitrogens with two attached hydrogens (primary N) is 1. The fourth-order valence-corrected chi connectivity index (χ4v) is 4.79. The molecule has 2 aliphatic rings. The Balaban J connectivity index is 1.44. The highest BCUT2D eigenvalue weighted by Crippen LogP contribution is 2.32. The first-order valence-corrected chi connectivity index (χ1v) is 12.3. The third-order valence-electron chi connectivity index (χ3n) is 6.66. The molecule has 1 amide bonds. The predicted octanol–water partition coefficient (Wildman–Crippen LogP) is 4.12. The van der Waals surface area contributed by atoms with E-state index in [9.17, 15) is 14.4 Å². The third kappa shape index (κ3) is 5.32. The second-order valence-corrected chi connectivity index (χ2v) is 9.30. The minimum Gasteiger partial charge on any atom is -0.457 e. The summed E-state index contributed by atoms with van der Waals surface area (Å²) in [7, 11) is 0. The predicted molar refractivity (Wildman–Crippen MR) is 138 cm³/mol. The van der Waals surface area contributed by atoms with Crippen molar-refractivity contribution in [3.05, 3.63) is 95.7 Å². The van der Waals surface area contributed by atoms with Gasteiger partial charge in [0.25, 0.3) is 5.91 Å². The molecule has 9 nitrogen and oxygen atoms in total. The standard InChI is InChI=1S/C28H27FN6O3/c1-18-11-20(29)6-9-26(18)38-23-7-4-19(5-8-23)24-12-21(31)13-35(22-3-2-10-34(14-22)16-30)27(24)33-28(36)25-15-37-17-32-25/h4-9,11-13,15,17,22,27H,2-3,10,14,31H2,1H3,(H,33,36)/t22?,27-/m0/s1. The average Bonchev–Trinajstić information content (AvgIpc) is 3.47. The normalized spacial score (nSPS) is 19.3. The lowest BCUT2D eigenvalue weighted by molar-refractivity contribution is 0.0853. The first-order valence-electron chi connectivity index (χ1n) is 12.3. The van der Waals surface area contributed by atoms with Crippen LogP contribution in [0.3, 0.4) is 0 Å². The molecule has 1 aromatic heterocycles. The smallest absolute Gasteiger partial charge is 0.275 e. The van der Waals surface area contributed by atoms with Crippen molar-refractivity contribution in [3.63, 3.8) is 0 Å². The van der Waals surface area contributed by atoms with Crippen molar-refractivity contribution in [1.29, 1.82) is 5.26 Å². The number of hydrogen-bond donors (Lipinski definition) is 2. The molecule has 1 fully saturated rings. The number of oxazole rings is 1. The van der Waals surface area contributed by atoms with E-state index in [2.05, 4.69) is 16.5 Å². The summed E-state index contributed by atoms with van der Waals surface area (Å²) < 4.78 is 24.4. The number of aromatic nitrogens is 1. The lowest BCUT2D eigenvalue weighted by Gasteiger charge is -2.44. The van der Waals surface area contributed by atoms with Gasteiger partial charge in [-0.3, -0.25) is 4.79 Å². The zero-order chi connectivity index (χ0) is 26.6. The van der Waals surface area contributed by atoms with Crippen molar-refractivity contribution in [3.8, 4) is 17.7 Å². The maximum atomic E-state index is 13.5. The molecule has 0 aliphatic carbocycles. The van der Waals surface area contributed by atoms with E-state index < -0.39 is 12.1 Å². The number of amides is 1. The Labute approximate surface area is 219 Å². The molecule has 2 aliphatic heterocycles. The monoisotopic (exact) mass is 514 g/mol. The number of hydrogen-bond acceptors (Lipinski definition) is 8. The highest BCUT2D eigenvalue weighted by molar-refractivity contribution is 5.93. The maximum Gasteiger partial charge on any atom is 0.275 e. The van der Waals surface area contributed by atoms with Gasteiger partial charge in [-0.2, -0.15) is 5.26 Å². The third-order valence-corrected chi connectivity index (χ3v) is 6.66. The van der Waals surface area contributed by atoms with Crippen LogP contribution < -0.4 is 15.8 Å². The molecular formula is C28H27FN6O3. The zero-order valence-electron chi connectivity index (χ0n) is 20.8. The summed E-state index contributed by atoms with van der Waals surface area (Å²) in [6.45, 7) is 3.01. The maximum absolute atomic E-state index is 13.5. The van der Waals surface area contributed by atoms with Crippen LogP contribution in [0.4, 0.5) is 4.39 Å². The number of benzene rings is 2. The molecule has 38 heavy (non-hydrogen) atoms. The highest BCUT2D eigenvalue weighted by atomic mass is 19.1. The molecule has 3 N–H and O–H groups in total. The molecule has 0 bridgehead atoms. The van der Waals surface area contributed by atoms with Gasteiger partial charge >= 0.3 is 0 Å². The number of carbonyl (C=O) groups is 1. The van der Waals surface area contributed by atoms with Crippen molar-refractivity contribution in [1.82, 2.24) is 20.1 Å². The number of carbonyl (C=O) groups excluding carboxylic acids is 1. The summed E-state index contributed by atoms with van der Waals surface area (Å²) >= 11 is 0. The number of nitriles is 1. The van der Waals surface area contributed by atoms with Gasteiger partial charge in [0, 0.05) is 36.6 Å². The molecule has 3 aromatic rings. The number of likely N-dealkylation sites (tertiary alicyclic amines) is 1. The molecule has 5 rings (SSSR count). The van der Waals surface area contributed by atoms with Crippen LogP contribution in [-0.2, 0) is 0 Å². The summed E-state index contributed by atoms with van der Waals surface area (Å²) in [6.07, 6.45) is 9.49. The van der Waals surface area contributed by atoms with E-state index in [0.29, 0.717) is 35.8 Å². The molecule has 2 atom stereocenters. The number of rotatable bonds is 6. The van der Waals surface area contributed by atoms with E-state index in [4.69, 9.17) is 14.9 Å². The molecule has 0 radical (unpaired) electrons. The Bertz CT molecular complexity index is 1410.